The molecule has 18 heavy (non-hydrogen) atoms. The van der Waals surface area contributed by atoms with Crippen LogP contribution in [0.15, 0.2) is 18.2 Å². The van der Waals surface area contributed by atoms with Gasteiger partial charge in [-0.15, -0.1) is 0 Å². The molecule has 0 unspecified atom stereocenters. The Morgan fingerprint density at radius 3 is 2.72 bits per heavy atom. The van der Waals surface area contributed by atoms with Crippen molar-refractivity contribution in [2.75, 3.05) is 20.3 Å². The van der Waals surface area contributed by atoms with Gasteiger partial charge in [-0.25, -0.2) is 0 Å². The van der Waals surface area contributed by atoms with E-state index in [0.29, 0.717) is 17.7 Å². The van der Waals surface area contributed by atoms with Crippen LogP contribution >= 0.6 is 0 Å². The quantitative estimate of drug-likeness (QED) is 0.754. The topological polar surface area (TPSA) is 55.8 Å². The Labute approximate surface area is 108 Å². The first-order valence-electron chi connectivity index (χ1n) is 6.02. The summed E-state index contributed by atoms with van der Waals surface area (Å²) in [6.07, 6.45) is -0.263. The van der Waals surface area contributed by atoms with Gasteiger partial charge in [0.25, 0.3) is 0 Å². The number of aryl methyl sites for hydroxylation is 1. The number of aliphatic hydroxyl groups is 1. The van der Waals surface area contributed by atoms with E-state index in [9.17, 15) is 9.90 Å². The Morgan fingerprint density at radius 1 is 1.39 bits per heavy atom. The van der Waals surface area contributed by atoms with Crippen molar-refractivity contribution in [2.24, 2.45) is 0 Å². The van der Waals surface area contributed by atoms with E-state index >= 15 is 0 Å². The molecular weight excluding hydrogens is 232 g/mol. The van der Waals surface area contributed by atoms with Crippen LogP contribution < -0.4 is 4.74 Å². The maximum atomic E-state index is 11.8. The van der Waals surface area contributed by atoms with E-state index < -0.39 is 6.10 Å². The van der Waals surface area contributed by atoms with E-state index in [1.807, 2.05) is 26.0 Å². The molecule has 4 nitrogen and oxygen atoms in total. The molecule has 1 aromatic rings. The second-order valence-electron chi connectivity index (χ2n) is 4.20. The third-order valence-corrected chi connectivity index (χ3v) is 2.55. The molecule has 0 fully saturated rings. The molecule has 0 aromatic heterocycles. The Bertz CT molecular complexity index is 401. The normalized spacial score (nSPS) is 12.2. The summed E-state index contributed by atoms with van der Waals surface area (Å²) in [5, 5.41) is 9.52. The van der Waals surface area contributed by atoms with E-state index in [-0.39, 0.29) is 19.0 Å². The molecule has 0 saturated carbocycles. The number of carbonyl (C=O) groups excluding carboxylic acids is 1. The SMILES string of the molecule is CCC(=O)c1cc(C)ccc1OC[C@@H](O)COC. The summed E-state index contributed by atoms with van der Waals surface area (Å²) in [5.74, 6) is 0.553. The Balaban J connectivity index is 2.78. The highest BCUT2D eigenvalue weighted by Crippen LogP contribution is 2.21. The van der Waals surface area contributed by atoms with Gasteiger partial charge in [0.15, 0.2) is 5.78 Å². The van der Waals surface area contributed by atoms with Gasteiger partial charge >= 0.3 is 0 Å². The van der Waals surface area contributed by atoms with E-state index in [2.05, 4.69) is 0 Å². The number of rotatable bonds is 7. The highest BCUT2D eigenvalue weighted by atomic mass is 16.5. The van der Waals surface area contributed by atoms with Gasteiger partial charge in [-0.2, -0.15) is 0 Å². The molecule has 0 saturated heterocycles. The molecule has 0 radical (unpaired) electrons. The van der Waals surface area contributed by atoms with Gasteiger partial charge in [0, 0.05) is 13.5 Å². The van der Waals surface area contributed by atoms with E-state index in [1.165, 1.54) is 7.11 Å². The van der Waals surface area contributed by atoms with Crippen molar-refractivity contribution in [3.05, 3.63) is 29.3 Å². The Hall–Kier alpha value is -1.39. The van der Waals surface area contributed by atoms with Crippen molar-refractivity contribution >= 4 is 5.78 Å². The van der Waals surface area contributed by atoms with Crippen LogP contribution in [0, 0.1) is 6.92 Å². The number of ketones is 1. The van der Waals surface area contributed by atoms with Crippen LogP contribution in [0.4, 0.5) is 0 Å². The summed E-state index contributed by atoms with van der Waals surface area (Å²) in [6, 6.07) is 5.45. The highest BCUT2D eigenvalue weighted by Gasteiger charge is 2.12. The fraction of sp³-hybridized carbons (Fsp3) is 0.500. The summed E-state index contributed by atoms with van der Waals surface area (Å²) in [6.45, 7) is 4.06. The zero-order valence-corrected chi connectivity index (χ0v) is 11.1. The number of Topliss-reactive ketones (excluding diaryl/α,β-unsaturated/α-hetero) is 1. The van der Waals surface area contributed by atoms with Crippen LogP contribution in [0.25, 0.3) is 0 Å². The largest absolute Gasteiger partial charge is 0.490 e. The molecule has 1 aromatic carbocycles. The lowest BCUT2D eigenvalue weighted by molar-refractivity contribution is 0.0323. The molecule has 0 aliphatic heterocycles. The summed E-state index contributed by atoms with van der Waals surface area (Å²) >= 11 is 0. The predicted molar refractivity (Wildman–Crippen MR) is 69.2 cm³/mol. The number of hydrogen-bond acceptors (Lipinski definition) is 4. The van der Waals surface area contributed by atoms with Crippen LogP contribution in [0.3, 0.4) is 0 Å². The van der Waals surface area contributed by atoms with Crippen molar-refractivity contribution in [3.63, 3.8) is 0 Å². The lowest BCUT2D eigenvalue weighted by Gasteiger charge is -2.14. The molecular formula is C14H20O4. The number of ether oxygens (including phenoxy) is 2. The molecule has 100 valence electrons. The zero-order valence-electron chi connectivity index (χ0n) is 11.1. The van der Waals surface area contributed by atoms with Crippen LogP contribution in [-0.2, 0) is 4.74 Å². The minimum Gasteiger partial charge on any atom is -0.490 e. The standard InChI is InChI=1S/C14H20O4/c1-4-13(16)12-7-10(2)5-6-14(12)18-9-11(15)8-17-3/h5-7,11,15H,4,8-9H2,1-3H3/t11-/m0/s1. The van der Waals surface area contributed by atoms with Crippen molar-refractivity contribution in [1.82, 2.24) is 0 Å². The smallest absolute Gasteiger partial charge is 0.166 e. The first-order chi connectivity index (χ1) is 8.58. The van der Waals surface area contributed by atoms with E-state index in [0.717, 1.165) is 5.56 Å². The van der Waals surface area contributed by atoms with Crippen molar-refractivity contribution < 1.29 is 19.4 Å². The van der Waals surface area contributed by atoms with E-state index in [1.54, 1.807) is 6.07 Å². The first-order valence-corrected chi connectivity index (χ1v) is 6.02. The molecule has 0 heterocycles. The van der Waals surface area contributed by atoms with Crippen LogP contribution in [0.5, 0.6) is 5.75 Å². The molecule has 0 amide bonds. The lowest BCUT2D eigenvalue weighted by Crippen LogP contribution is -2.23. The zero-order chi connectivity index (χ0) is 13.5. The maximum absolute atomic E-state index is 11.8. The number of benzene rings is 1. The summed E-state index contributed by atoms with van der Waals surface area (Å²) in [7, 11) is 1.52. The van der Waals surface area contributed by atoms with E-state index in [4.69, 9.17) is 9.47 Å². The van der Waals surface area contributed by atoms with Gasteiger partial charge in [-0.1, -0.05) is 18.6 Å². The van der Waals surface area contributed by atoms with Gasteiger partial charge in [0.1, 0.15) is 18.5 Å². The summed E-state index contributed by atoms with van der Waals surface area (Å²) < 4.78 is 10.3. The fourth-order valence-electron chi connectivity index (χ4n) is 1.60. The molecule has 1 N–H and O–H groups in total. The predicted octanol–water partition coefficient (Wildman–Crippen LogP) is 1.97. The van der Waals surface area contributed by atoms with Crippen molar-refractivity contribution in [2.45, 2.75) is 26.4 Å². The highest BCUT2D eigenvalue weighted by molar-refractivity contribution is 5.98. The van der Waals surface area contributed by atoms with Gasteiger partial charge in [0.05, 0.1) is 12.2 Å². The second-order valence-corrected chi connectivity index (χ2v) is 4.20. The van der Waals surface area contributed by atoms with Gasteiger partial charge in [-0.05, 0) is 19.1 Å². The van der Waals surface area contributed by atoms with Crippen LogP contribution in [0.1, 0.15) is 29.3 Å². The number of aliphatic hydroxyl groups excluding tert-OH is 1. The van der Waals surface area contributed by atoms with Crippen LogP contribution in [-0.4, -0.2) is 37.3 Å². The molecule has 0 aliphatic carbocycles. The lowest BCUT2D eigenvalue weighted by atomic mass is 10.1. The minimum atomic E-state index is -0.694. The molecule has 0 aliphatic rings. The maximum Gasteiger partial charge on any atom is 0.166 e. The fourth-order valence-corrected chi connectivity index (χ4v) is 1.60. The summed E-state index contributed by atoms with van der Waals surface area (Å²) in [4.78, 5) is 11.8. The molecule has 1 rings (SSSR count). The average Bonchev–Trinajstić information content (AvgIpc) is 2.36. The van der Waals surface area contributed by atoms with Gasteiger partial charge in [0.2, 0.25) is 0 Å². The Kier molecular flexibility index (Phi) is 5.82. The molecule has 0 bridgehead atoms. The third kappa shape index (κ3) is 4.13. The van der Waals surface area contributed by atoms with Gasteiger partial charge in [-0.3, -0.25) is 4.79 Å². The monoisotopic (exact) mass is 252 g/mol. The minimum absolute atomic E-state index is 0.0370. The van der Waals surface area contributed by atoms with Gasteiger partial charge < -0.3 is 14.6 Å². The Morgan fingerprint density at radius 2 is 2.11 bits per heavy atom. The van der Waals surface area contributed by atoms with Crippen molar-refractivity contribution in [3.8, 4) is 5.75 Å². The number of carbonyl (C=O) groups is 1. The molecule has 4 heteroatoms. The van der Waals surface area contributed by atoms with Crippen molar-refractivity contribution in [1.29, 1.82) is 0 Å². The number of methoxy groups -OCH3 is 1. The second kappa shape index (κ2) is 7.13. The molecule has 1 atom stereocenters. The third-order valence-electron chi connectivity index (χ3n) is 2.55. The first kappa shape index (κ1) is 14.7. The number of hydrogen-bond donors (Lipinski definition) is 1. The molecule has 0 spiro atoms. The van der Waals surface area contributed by atoms with Crippen LogP contribution in [0.2, 0.25) is 0 Å². The summed E-state index contributed by atoms with van der Waals surface area (Å²) in [5.41, 5.74) is 1.58. The average molecular weight is 252 g/mol.